The van der Waals surface area contributed by atoms with Gasteiger partial charge in [0.05, 0.1) is 28.5 Å². The number of carbonyl (C=O) groups excluding carboxylic acids is 2. The third-order valence-corrected chi connectivity index (χ3v) is 4.94. The molecule has 4 atom stereocenters. The third-order valence-electron chi connectivity index (χ3n) is 4.70. The lowest BCUT2D eigenvalue weighted by Crippen LogP contribution is -2.38. The summed E-state index contributed by atoms with van der Waals surface area (Å²) < 4.78 is 5.71. The van der Waals surface area contributed by atoms with E-state index in [1.807, 2.05) is 0 Å². The number of benzene rings is 1. The number of hydrogen-bond acceptors (Lipinski definition) is 5. The standard InChI is InChI=1S/C15H11ClN2O5/c1-15-5-4-10(23-15)11-12(15)14(20)17(13(11)19)8-3-2-7(16)6-9(8)18(21)22/h2-6,10-12H,1H3/t10-,11-,12-,15-/m1/s1. The zero-order valence-electron chi connectivity index (χ0n) is 11.9. The van der Waals surface area contributed by atoms with Crippen LogP contribution in [0.5, 0.6) is 0 Å². The molecule has 3 aliphatic rings. The van der Waals surface area contributed by atoms with Gasteiger partial charge in [0.1, 0.15) is 5.69 Å². The van der Waals surface area contributed by atoms with Crippen molar-refractivity contribution in [3.63, 3.8) is 0 Å². The molecule has 0 spiro atoms. The van der Waals surface area contributed by atoms with Crippen LogP contribution < -0.4 is 4.90 Å². The monoisotopic (exact) mass is 334 g/mol. The molecule has 2 bridgehead atoms. The van der Waals surface area contributed by atoms with Crippen LogP contribution in [-0.4, -0.2) is 28.4 Å². The van der Waals surface area contributed by atoms with Gasteiger partial charge in [-0.1, -0.05) is 23.8 Å². The molecule has 4 rings (SSSR count). The van der Waals surface area contributed by atoms with Crippen LogP contribution in [0.25, 0.3) is 0 Å². The van der Waals surface area contributed by atoms with E-state index >= 15 is 0 Å². The molecular formula is C15H11ClN2O5. The van der Waals surface area contributed by atoms with Crippen LogP contribution >= 0.6 is 11.6 Å². The van der Waals surface area contributed by atoms with Gasteiger partial charge < -0.3 is 4.74 Å². The average molecular weight is 335 g/mol. The molecule has 1 aromatic rings. The van der Waals surface area contributed by atoms with Crippen molar-refractivity contribution in [1.82, 2.24) is 0 Å². The van der Waals surface area contributed by atoms with Crippen molar-refractivity contribution >= 4 is 34.8 Å². The van der Waals surface area contributed by atoms with Gasteiger partial charge >= 0.3 is 0 Å². The highest BCUT2D eigenvalue weighted by Crippen LogP contribution is 2.53. The van der Waals surface area contributed by atoms with Crippen molar-refractivity contribution in [1.29, 1.82) is 0 Å². The lowest BCUT2D eigenvalue weighted by atomic mass is 9.78. The summed E-state index contributed by atoms with van der Waals surface area (Å²) in [7, 11) is 0. The number of halogens is 1. The number of nitrogens with zero attached hydrogens (tertiary/aromatic N) is 2. The fourth-order valence-electron chi connectivity index (χ4n) is 3.72. The first-order valence-electron chi connectivity index (χ1n) is 7.02. The van der Waals surface area contributed by atoms with Crippen LogP contribution in [0.2, 0.25) is 5.02 Å². The number of rotatable bonds is 2. The molecule has 0 saturated carbocycles. The summed E-state index contributed by atoms with van der Waals surface area (Å²) in [6, 6.07) is 3.88. The van der Waals surface area contributed by atoms with E-state index in [1.54, 1.807) is 19.1 Å². The number of amides is 2. The summed E-state index contributed by atoms with van der Waals surface area (Å²) in [5.41, 5.74) is -1.25. The molecule has 1 aromatic carbocycles. The van der Waals surface area contributed by atoms with Gasteiger partial charge in [0.15, 0.2) is 0 Å². The average Bonchev–Trinajstić information content (AvgIpc) is 3.09. The zero-order chi connectivity index (χ0) is 16.5. The maximum Gasteiger partial charge on any atom is 0.294 e. The molecule has 0 radical (unpaired) electrons. The number of imide groups is 1. The Morgan fingerprint density at radius 2 is 2.09 bits per heavy atom. The van der Waals surface area contributed by atoms with E-state index < -0.39 is 40.3 Å². The zero-order valence-corrected chi connectivity index (χ0v) is 12.7. The Balaban J connectivity index is 1.83. The van der Waals surface area contributed by atoms with Gasteiger partial charge in [-0.15, -0.1) is 0 Å². The summed E-state index contributed by atoms with van der Waals surface area (Å²) in [6.07, 6.45) is 3.09. The van der Waals surface area contributed by atoms with E-state index in [1.165, 1.54) is 12.1 Å². The number of hydrogen-bond donors (Lipinski definition) is 0. The Bertz CT molecular complexity index is 807. The summed E-state index contributed by atoms with van der Waals surface area (Å²) in [5.74, 6) is -2.23. The highest BCUT2D eigenvalue weighted by molar-refractivity contribution is 6.31. The van der Waals surface area contributed by atoms with Crippen molar-refractivity contribution in [3.05, 3.63) is 45.5 Å². The van der Waals surface area contributed by atoms with Crippen LogP contribution in [0.15, 0.2) is 30.4 Å². The number of nitro benzene ring substituents is 1. The number of carbonyl (C=O) groups is 2. The molecule has 2 amide bonds. The molecule has 0 aromatic heterocycles. The number of ether oxygens (including phenoxy) is 1. The van der Waals surface area contributed by atoms with Gasteiger partial charge in [-0.25, -0.2) is 4.90 Å². The molecule has 2 fully saturated rings. The minimum atomic E-state index is -0.835. The fraction of sp³-hybridized carbons (Fsp3) is 0.333. The second-order valence-electron chi connectivity index (χ2n) is 6.03. The first-order chi connectivity index (χ1) is 10.8. The first kappa shape index (κ1) is 14.3. The van der Waals surface area contributed by atoms with Gasteiger partial charge in [0.25, 0.3) is 5.69 Å². The van der Waals surface area contributed by atoms with Gasteiger partial charge in [-0.2, -0.15) is 0 Å². The summed E-state index contributed by atoms with van der Waals surface area (Å²) in [6.45, 7) is 1.75. The van der Waals surface area contributed by atoms with Crippen LogP contribution in [0.3, 0.4) is 0 Å². The Morgan fingerprint density at radius 1 is 1.35 bits per heavy atom. The predicted octanol–water partition coefficient (Wildman–Crippen LogP) is 2.08. The summed E-state index contributed by atoms with van der Waals surface area (Å²) >= 11 is 5.79. The maximum absolute atomic E-state index is 12.8. The van der Waals surface area contributed by atoms with E-state index in [9.17, 15) is 19.7 Å². The number of nitro groups is 1. The molecule has 2 saturated heterocycles. The van der Waals surface area contributed by atoms with Crippen LogP contribution in [0, 0.1) is 22.0 Å². The Labute approximate surface area is 135 Å². The summed E-state index contributed by atoms with van der Waals surface area (Å²) in [5, 5.41) is 11.4. The summed E-state index contributed by atoms with van der Waals surface area (Å²) in [4.78, 5) is 37.0. The van der Waals surface area contributed by atoms with E-state index in [0.29, 0.717) is 0 Å². The second-order valence-corrected chi connectivity index (χ2v) is 6.47. The Hall–Kier alpha value is -2.25. The fourth-order valence-corrected chi connectivity index (χ4v) is 3.89. The van der Waals surface area contributed by atoms with Crippen molar-refractivity contribution in [2.24, 2.45) is 11.8 Å². The number of fused-ring (bicyclic) bond motifs is 5. The van der Waals surface area contributed by atoms with Crippen LogP contribution in [0.4, 0.5) is 11.4 Å². The molecule has 0 N–H and O–H groups in total. The van der Waals surface area contributed by atoms with Gasteiger partial charge in [0, 0.05) is 11.1 Å². The van der Waals surface area contributed by atoms with E-state index in [2.05, 4.69) is 0 Å². The largest absolute Gasteiger partial charge is 0.362 e. The minimum Gasteiger partial charge on any atom is -0.362 e. The van der Waals surface area contributed by atoms with Gasteiger partial charge in [-0.05, 0) is 19.1 Å². The Kier molecular flexibility index (Phi) is 2.74. The van der Waals surface area contributed by atoms with Crippen molar-refractivity contribution < 1.29 is 19.2 Å². The third kappa shape index (κ3) is 1.74. The van der Waals surface area contributed by atoms with Crippen molar-refractivity contribution in [3.8, 4) is 0 Å². The van der Waals surface area contributed by atoms with E-state index in [0.717, 1.165) is 11.0 Å². The lowest BCUT2D eigenvalue weighted by Gasteiger charge is -2.24. The number of anilines is 1. The minimum absolute atomic E-state index is 0.0493. The molecule has 118 valence electrons. The molecule has 0 unspecified atom stereocenters. The highest BCUT2D eigenvalue weighted by atomic mass is 35.5. The second kappa shape index (κ2) is 4.39. The molecule has 23 heavy (non-hydrogen) atoms. The maximum atomic E-state index is 12.8. The van der Waals surface area contributed by atoms with Gasteiger partial charge in [-0.3, -0.25) is 19.7 Å². The molecular weight excluding hydrogens is 324 g/mol. The van der Waals surface area contributed by atoms with E-state index in [-0.39, 0.29) is 16.4 Å². The van der Waals surface area contributed by atoms with Crippen LogP contribution in [0.1, 0.15) is 6.92 Å². The molecule has 8 heteroatoms. The highest BCUT2D eigenvalue weighted by Gasteiger charge is 2.66. The van der Waals surface area contributed by atoms with E-state index in [4.69, 9.17) is 16.3 Å². The lowest BCUT2D eigenvalue weighted by molar-refractivity contribution is -0.384. The van der Waals surface area contributed by atoms with Crippen molar-refractivity contribution in [2.75, 3.05) is 4.90 Å². The topological polar surface area (TPSA) is 89.8 Å². The normalized spacial score (nSPS) is 34.3. The molecule has 7 nitrogen and oxygen atoms in total. The van der Waals surface area contributed by atoms with Crippen LogP contribution in [-0.2, 0) is 14.3 Å². The van der Waals surface area contributed by atoms with Gasteiger partial charge in [0.2, 0.25) is 11.8 Å². The smallest absolute Gasteiger partial charge is 0.294 e. The molecule has 3 heterocycles. The van der Waals surface area contributed by atoms with Crippen molar-refractivity contribution in [2.45, 2.75) is 18.6 Å². The molecule has 3 aliphatic heterocycles. The Morgan fingerprint density at radius 3 is 2.74 bits per heavy atom. The first-order valence-corrected chi connectivity index (χ1v) is 7.40. The molecule has 0 aliphatic carbocycles. The SMILES string of the molecule is C[C@]12C=C[C@@H](O1)[C@H]1C(=O)N(c3ccc(Cl)cc3[N+](=O)[O-])C(=O)[C@@H]12. The predicted molar refractivity (Wildman–Crippen MR) is 80.0 cm³/mol. The quantitative estimate of drug-likeness (QED) is 0.357.